The standard InChI is InChI=1S/C24H31N3S/c1-3-13-22(14-4-1)25-24(28-20-10-18-26-16-7-2-8-17-26)27-19-9-12-21-11-5-6-15-23(21)27/h1,3-6,11,13-15H,2,7-10,12,16-20H2. The molecule has 2 aromatic rings. The molecule has 148 valence electrons. The van der Waals surface area contributed by atoms with Crippen LogP contribution in [0.2, 0.25) is 0 Å². The Morgan fingerprint density at radius 2 is 1.64 bits per heavy atom. The quantitative estimate of drug-likeness (QED) is 0.367. The molecule has 4 rings (SSSR count). The monoisotopic (exact) mass is 393 g/mol. The molecule has 0 unspecified atom stereocenters. The smallest absolute Gasteiger partial charge is 0.168 e. The van der Waals surface area contributed by atoms with E-state index in [0.29, 0.717) is 0 Å². The molecule has 0 bridgehead atoms. The van der Waals surface area contributed by atoms with Gasteiger partial charge in [0.2, 0.25) is 0 Å². The highest BCUT2D eigenvalue weighted by Gasteiger charge is 2.21. The van der Waals surface area contributed by atoms with E-state index in [1.807, 2.05) is 11.8 Å². The number of fused-ring (bicyclic) bond motifs is 1. The van der Waals surface area contributed by atoms with Gasteiger partial charge < -0.3 is 9.80 Å². The second-order valence-electron chi connectivity index (χ2n) is 7.72. The Morgan fingerprint density at radius 3 is 2.50 bits per heavy atom. The Kier molecular flexibility index (Phi) is 7.07. The Morgan fingerprint density at radius 1 is 0.857 bits per heavy atom. The van der Waals surface area contributed by atoms with Gasteiger partial charge in [0.15, 0.2) is 5.17 Å². The van der Waals surface area contributed by atoms with E-state index in [2.05, 4.69) is 64.4 Å². The zero-order chi connectivity index (χ0) is 19.0. The van der Waals surface area contributed by atoms with Gasteiger partial charge >= 0.3 is 0 Å². The molecule has 3 nitrogen and oxygen atoms in total. The molecule has 1 fully saturated rings. The summed E-state index contributed by atoms with van der Waals surface area (Å²) < 4.78 is 0. The van der Waals surface area contributed by atoms with Crippen molar-refractivity contribution in [3.05, 3.63) is 60.2 Å². The maximum absolute atomic E-state index is 5.06. The predicted molar refractivity (Wildman–Crippen MR) is 123 cm³/mol. The molecule has 0 amide bonds. The number of nitrogens with zero attached hydrogens (tertiary/aromatic N) is 3. The van der Waals surface area contributed by atoms with Gasteiger partial charge in [-0.1, -0.05) is 54.6 Å². The number of likely N-dealkylation sites (tertiary alicyclic amines) is 1. The lowest BCUT2D eigenvalue weighted by Gasteiger charge is -2.32. The average molecular weight is 394 g/mol. The number of anilines is 1. The number of aliphatic imine (C=N–C) groups is 1. The summed E-state index contributed by atoms with van der Waals surface area (Å²) in [5.74, 6) is 1.13. The fourth-order valence-corrected chi connectivity index (χ4v) is 5.12. The van der Waals surface area contributed by atoms with Crippen molar-refractivity contribution in [2.75, 3.05) is 36.8 Å². The van der Waals surface area contributed by atoms with Gasteiger partial charge in [0.25, 0.3) is 0 Å². The van der Waals surface area contributed by atoms with E-state index in [4.69, 9.17) is 4.99 Å². The van der Waals surface area contributed by atoms with Crippen molar-refractivity contribution < 1.29 is 0 Å². The molecule has 0 spiro atoms. The molecule has 2 heterocycles. The maximum atomic E-state index is 5.06. The van der Waals surface area contributed by atoms with E-state index in [9.17, 15) is 0 Å². The van der Waals surface area contributed by atoms with Crippen LogP contribution in [0.25, 0.3) is 0 Å². The van der Waals surface area contributed by atoms with Gasteiger partial charge in [-0.2, -0.15) is 0 Å². The maximum Gasteiger partial charge on any atom is 0.168 e. The van der Waals surface area contributed by atoms with Crippen LogP contribution < -0.4 is 4.90 Å². The molecule has 1 saturated heterocycles. The summed E-state index contributed by atoms with van der Waals surface area (Å²) in [4.78, 5) is 10.1. The van der Waals surface area contributed by atoms with Gasteiger partial charge in [-0.3, -0.25) is 0 Å². The van der Waals surface area contributed by atoms with E-state index in [0.717, 1.165) is 23.2 Å². The van der Waals surface area contributed by atoms with Crippen LogP contribution in [0.5, 0.6) is 0 Å². The number of hydrogen-bond acceptors (Lipinski definition) is 3. The number of piperidine rings is 1. The first kappa shape index (κ1) is 19.5. The molecule has 2 aliphatic rings. The summed E-state index contributed by atoms with van der Waals surface area (Å²) >= 11 is 1.92. The Balaban J connectivity index is 1.46. The largest absolute Gasteiger partial charge is 0.321 e. The Bertz CT molecular complexity index is 768. The van der Waals surface area contributed by atoms with Crippen molar-refractivity contribution in [1.82, 2.24) is 4.90 Å². The van der Waals surface area contributed by atoms with Crippen molar-refractivity contribution in [2.24, 2.45) is 4.99 Å². The Hall–Kier alpha value is -1.78. The summed E-state index contributed by atoms with van der Waals surface area (Å²) in [5.41, 5.74) is 3.83. The molecule has 2 aromatic carbocycles. The highest BCUT2D eigenvalue weighted by atomic mass is 32.2. The predicted octanol–water partition coefficient (Wildman–Crippen LogP) is 5.74. The number of aryl methyl sites for hydroxylation is 1. The van der Waals surface area contributed by atoms with Crippen LogP contribution in [-0.4, -0.2) is 42.0 Å². The molecule has 0 N–H and O–H groups in total. The van der Waals surface area contributed by atoms with Crippen LogP contribution >= 0.6 is 11.8 Å². The summed E-state index contributed by atoms with van der Waals surface area (Å²) in [6.45, 7) is 4.86. The van der Waals surface area contributed by atoms with Crippen molar-refractivity contribution in [3.63, 3.8) is 0 Å². The third-order valence-corrected chi connectivity index (χ3v) is 6.68. The number of amidine groups is 1. The fourth-order valence-electron chi connectivity index (χ4n) is 4.15. The van der Waals surface area contributed by atoms with Crippen molar-refractivity contribution in [2.45, 2.75) is 38.5 Å². The number of para-hydroxylation sites is 2. The number of hydrogen-bond donors (Lipinski definition) is 0. The third kappa shape index (κ3) is 5.18. The summed E-state index contributed by atoms with van der Waals surface area (Å²) in [7, 11) is 0. The van der Waals surface area contributed by atoms with E-state index >= 15 is 0 Å². The molecule has 0 aliphatic carbocycles. The SMILES string of the molecule is c1ccc(N=C(SCCCN2CCCCC2)N2CCCc3ccccc32)cc1. The van der Waals surface area contributed by atoms with Gasteiger partial charge in [0.05, 0.1) is 5.69 Å². The van der Waals surface area contributed by atoms with E-state index in [1.54, 1.807) is 0 Å². The molecule has 0 radical (unpaired) electrons. The van der Waals surface area contributed by atoms with Gasteiger partial charge in [-0.15, -0.1) is 0 Å². The highest BCUT2D eigenvalue weighted by Crippen LogP contribution is 2.31. The Labute approximate surface area is 173 Å². The minimum Gasteiger partial charge on any atom is -0.321 e. The number of thioether (sulfide) groups is 1. The minimum atomic E-state index is 1.05. The summed E-state index contributed by atoms with van der Waals surface area (Å²) in [5, 5.41) is 1.15. The van der Waals surface area contributed by atoms with Crippen LogP contribution in [0.3, 0.4) is 0 Å². The average Bonchev–Trinajstić information content (AvgIpc) is 2.77. The summed E-state index contributed by atoms with van der Waals surface area (Å²) in [6, 6.07) is 19.2. The minimum absolute atomic E-state index is 1.05. The van der Waals surface area contributed by atoms with Crippen LogP contribution in [0.15, 0.2) is 59.6 Å². The van der Waals surface area contributed by atoms with Crippen LogP contribution in [-0.2, 0) is 6.42 Å². The molecule has 28 heavy (non-hydrogen) atoms. The topological polar surface area (TPSA) is 18.8 Å². The number of rotatable bonds is 5. The molecule has 0 aromatic heterocycles. The van der Waals surface area contributed by atoms with Crippen molar-refractivity contribution in [3.8, 4) is 0 Å². The summed E-state index contributed by atoms with van der Waals surface area (Å²) in [6.07, 6.45) is 7.75. The molecule has 2 aliphatic heterocycles. The lowest BCUT2D eigenvalue weighted by Crippen LogP contribution is -2.34. The lowest BCUT2D eigenvalue weighted by molar-refractivity contribution is 0.230. The molecule has 0 atom stereocenters. The van der Waals surface area contributed by atoms with Crippen LogP contribution in [0.4, 0.5) is 11.4 Å². The normalized spacial score (nSPS) is 18.1. The van der Waals surface area contributed by atoms with E-state index < -0.39 is 0 Å². The second kappa shape index (κ2) is 10.1. The fraction of sp³-hybridized carbons (Fsp3) is 0.458. The van der Waals surface area contributed by atoms with Gasteiger partial charge in [-0.25, -0.2) is 4.99 Å². The first-order valence-electron chi connectivity index (χ1n) is 10.7. The lowest BCUT2D eigenvalue weighted by atomic mass is 10.0. The third-order valence-electron chi connectivity index (χ3n) is 5.62. The van der Waals surface area contributed by atoms with E-state index in [-0.39, 0.29) is 0 Å². The van der Waals surface area contributed by atoms with Gasteiger partial charge in [0.1, 0.15) is 0 Å². The number of benzene rings is 2. The first-order chi connectivity index (χ1) is 13.9. The first-order valence-corrected chi connectivity index (χ1v) is 11.7. The zero-order valence-electron chi connectivity index (χ0n) is 16.7. The van der Waals surface area contributed by atoms with Crippen LogP contribution in [0, 0.1) is 0 Å². The molecular formula is C24H31N3S. The molecular weight excluding hydrogens is 362 g/mol. The highest BCUT2D eigenvalue weighted by molar-refractivity contribution is 8.14. The molecule has 0 saturated carbocycles. The van der Waals surface area contributed by atoms with Crippen molar-refractivity contribution in [1.29, 1.82) is 0 Å². The van der Waals surface area contributed by atoms with Gasteiger partial charge in [-0.05, 0) is 75.5 Å². The van der Waals surface area contributed by atoms with E-state index in [1.165, 1.54) is 69.4 Å². The van der Waals surface area contributed by atoms with Crippen molar-refractivity contribution >= 4 is 28.3 Å². The van der Waals surface area contributed by atoms with Crippen LogP contribution in [0.1, 0.15) is 37.7 Å². The van der Waals surface area contributed by atoms with Gasteiger partial charge in [0, 0.05) is 18.0 Å². The molecule has 4 heteroatoms. The zero-order valence-corrected chi connectivity index (χ0v) is 17.5. The second-order valence-corrected chi connectivity index (χ2v) is 8.78.